The van der Waals surface area contributed by atoms with Gasteiger partial charge in [0.25, 0.3) is 5.56 Å². The third-order valence-corrected chi connectivity index (χ3v) is 4.90. The lowest BCUT2D eigenvalue weighted by Crippen LogP contribution is -2.25. The maximum atomic E-state index is 13.3. The van der Waals surface area contributed by atoms with Crippen LogP contribution in [0.15, 0.2) is 78.4 Å². The predicted octanol–water partition coefficient (Wildman–Crippen LogP) is 3.78. The van der Waals surface area contributed by atoms with E-state index in [1.54, 1.807) is 16.8 Å². The summed E-state index contributed by atoms with van der Waals surface area (Å²) in [6.45, 7) is 4.33. The first-order valence-electron chi connectivity index (χ1n) is 8.94. The molecule has 0 unspecified atom stereocenters. The number of pyridine rings is 1. The van der Waals surface area contributed by atoms with Gasteiger partial charge in [-0.25, -0.2) is 9.97 Å². The van der Waals surface area contributed by atoms with E-state index in [1.807, 2.05) is 48.5 Å². The third-order valence-electron chi connectivity index (χ3n) is 4.58. The van der Waals surface area contributed by atoms with E-state index in [0.29, 0.717) is 28.3 Å². The zero-order valence-corrected chi connectivity index (χ0v) is 16.2. The summed E-state index contributed by atoms with van der Waals surface area (Å²) in [7, 11) is 0. The van der Waals surface area contributed by atoms with Gasteiger partial charge in [-0.3, -0.25) is 9.36 Å². The molecule has 0 saturated carbocycles. The minimum atomic E-state index is -0.180. The molecule has 2 heterocycles. The summed E-state index contributed by atoms with van der Waals surface area (Å²) < 4.78 is 1.65. The maximum Gasteiger partial charge on any atom is 0.264 e. The Hall–Kier alpha value is -3.64. The second-order valence-corrected chi connectivity index (χ2v) is 6.85. The minimum Gasteiger partial charge on any atom is -0.382 e. The van der Waals surface area contributed by atoms with E-state index >= 15 is 0 Å². The van der Waals surface area contributed by atoms with Crippen LogP contribution in [0.25, 0.3) is 22.2 Å². The lowest BCUT2D eigenvalue weighted by molar-refractivity contribution is 0.794. The number of nitrogens with one attached hydrogen (secondary N) is 1. The Bertz CT molecular complexity index is 1270. The summed E-state index contributed by atoms with van der Waals surface area (Å²) in [6.07, 6.45) is 3.07. The number of anilines is 1. The molecule has 6 nitrogen and oxygen atoms in total. The van der Waals surface area contributed by atoms with Gasteiger partial charge >= 0.3 is 0 Å². The first-order chi connectivity index (χ1) is 14.1. The summed E-state index contributed by atoms with van der Waals surface area (Å²) in [5.74, 6) is 0.288. The Morgan fingerprint density at radius 2 is 1.86 bits per heavy atom. The Labute approximate surface area is 172 Å². The van der Waals surface area contributed by atoms with Crippen LogP contribution >= 0.6 is 11.6 Å². The van der Waals surface area contributed by atoms with Gasteiger partial charge in [-0.15, -0.1) is 0 Å². The predicted molar refractivity (Wildman–Crippen MR) is 117 cm³/mol. The van der Waals surface area contributed by atoms with Crippen molar-refractivity contribution in [3.8, 4) is 5.69 Å². The molecule has 0 amide bonds. The van der Waals surface area contributed by atoms with Gasteiger partial charge in [0.05, 0.1) is 22.7 Å². The van der Waals surface area contributed by atoms with E-state index in [-0.39, 0.29) is 11.4 Å². The van der Waals surface area contributed by atoms with Gasteiger partial charge in [0, 0.05) is 23.8 Å². The van der Waals surface area contributed by atoms with E-state index < -0.39 is 0 Å². The smallest absolute Gasteiger partial charge is 0.264 e. The molecule has 0 atom stereocenters. The highest BCUT2D eigenvalue weighted by Crippen LogP contribution is 2.23. The van der Waals surface area contributed by atoms with E-state index in [4.69, 9.17) is 17.3 Å². The van der Waals surface area contributed by atoms with Crippen LogP contribution in [0.3, 0.4) is 0 Å². The van der Waals surface area contributed by atoms with Crippen molar-refractivity contribution in [1.29, 1.82) is 0 Å². The SMILES string of the molecule is C=C(NCc1cc2cccc(Cl)c2c(=O)n1-c1ccccc1)c1nccnc1N. The maximum absolute atomic E-state index is 13.3. The number of rotatable bonds is 5. The summed E-state index contributed by atoms with van der Waals surface area (Å²) in [4.78, 5) is 21.6. The monoisotopic (exact) mass is 403 g/mol. The number of nitrogen functional groups attached to an aromatic ring is 1. The van der Waals surface area contributed by atoms with E-state index in [2.05, 4.69) is 21.9 Å². The molecule has 3 N–H and O–H groups in total. The van der Waals surface area contributed by atoms with Gasteiger partial charge < -0.3 is 11.1 Å². The zero-order chi connectivity index (χ0) is 20.4. The molecule has 2 aromatic carbocycles. The first kappa shape index (κ1) is 18.7. The quantitative estimate of drug-likeness (QED) is 0.529. The molecule has 0 bridgehead atoms. The molecule has 0 aliphatic heterocycles. The molecule has 4 rings (SSSR count). The van der Waals surface area contributed by atoms with Gasteiger partial charge in [-0.05, 0) is 29.7 Å². The number of aromatic nitrogens is 3. The van der Waals surface area contributed by atoms with Crippen LogP contribution in [-0.4, -0.2) is 14.5 Å². The molecule has 7 heteroatoms. The summed E-state index contributed by atoms with van der Waals surface area (Å²) in [5, 5.41) is 4.89. The lowest BCUT2D eigenvalue weighted by atomic mass is 10.1. The Morgan fingerprint density at radius 1 is 1.10 bits per heavy atom. The van der Waals surface area contributed by atoms with Crippen molar-refractivity contribution in [2.75, 3.05) is 5.73 Å². The molecule has 29 heavy (non-hydrogen) atoms. The summed E-state index contributed by atoms with van der Waals surface area (Å²) in [6, 6.07) is 16.8. The molecular formula is C22H18ClN5O. The normalized spacial score (nSPS) is 10.8. The van der Waals surface area contributed by atoms with Crippen molar-refractivity contribution < 1.29 is 0 Å². The second kappa shape index (κ2) is 7.77. The summed E-state index contributed by atoms with van der Waals surface area (Å²) >= 11 is 6.33. The van der Waals surface area contributed by atoms with Crippen LogP contribution < -0.4 is 16.6 Å². The fourth-order valence-corrected chi connectivity index (χ4v) is 3.49. The molecule has 2 aromatic heterocycles. The molecule has 0 fully saturated rings. The number of hydrogen-bond acceptors (Lipinski definition) is 5. The minimum absolute atomic E-state index is 0.180. The van der Waals surface area contributed by atoms with Crippen molar-refractivity contribution in [2.45, 2.75) is 6.54 Å². The van der Waals surface area contributed by atoms with Crippen LogP contribution in [0.1, 0.15) is 11.4 Å². The van der Waals surface area contributed by atoms with Crippen LogP contribution in [-0.2, 0) is 6.54 Å². The van der Waals surface area contributed by atoms with Crippen molar-refractivity contribution in [2.24, 2.45) is 0 Å². The van der Waals surface area contributed by atoms with Gasteiger partial charge in [-0.1, -0.05) is 48.5 Å². The van der Waals surface area contributed by atoms with Crippen LogP contribution in [0.2, 0.25) is 5.02 Å². The van der Waals surface area contributed by atoms with Crippen LogP contribution in [0.5, 0.6) is 0 Å². The second-order valence-electron chi connectivity index (χ2n) is 6.44. The average Bonchev–Trinajstić information content (AvgIpc) is 2.73. The highest BCUT2D eigenvalue weighted by Gasteiger charge is 2.14. The number of nitrogens with zero attached hydrogens (tertiary/aromatic N) is 3. The fraction of sp³-hybridized carbons (Fsp3) is 0.0455. The van der Waals surface area contributed by atoms with Gasteiger partial charge in [0.2, 0.25) is 0 Å². The number of hydrogen-bond donors (Lipinski definition) is 2. The standard InChI is InChI=1S/C22H18ClN5O/c1-14(20-21(24)26-11-10-25-20)27-13-17-12-15-6-5-9-18(23)19(15)22(29)28(17)16-7-3-2-4-8-16/h2-12,27H,1,13H2,(H2,24,26). The largest absolute Gasteiger partial charge is 0.382 e. The topological polar surface area (TPSA) is 85.8 Å². The highest BCUT2D eigenvalue weighted by molar-refractivity contribution is 6.35. The number of halogens is 1. The lowest BCUT2D eigenvalue weighted by Gasteiger charge is -2.17. The zero-order valence-electron chi connectivity index (χ0n) is 15.5. The van der Waals surface area contributed by atoms with Crippen LogP contribution in [0.4, 0.5) is 5.82 Å². The first-order valence-corrected chi connectivity index (χ1v) is 9.32. The van der Waals surface area contributed by atoms with Gasteiger partial charge in [-0.2, -0.15) is 0 Å². The Kier molecular flexibility index (Phi) is 5.01. The number of fused-ring (bicyclic) bond motifs is 1. The Balaban J connectivity index is 1.80. The highest BCUT2D eigenvalue weighted by atomic mass is 35.5. The molecule has 0 radical (unpaired) electrons. The summed E-state index contributed by atoms with van der Waals surface area (Å²) in [5.41, 5.74) is 8.20. The van der Waals surface area contributed by atoms with Crippen molar-refractivity contribution in [1.82, 2.24) is 19.9 Å². The van der Waals surface area contributed by atoms with Crippen molar-refractivity contribution >= 4 is 33.9 Å². The molecule has 0 saturated heterocycles. The van der Waals surface area contributed by atoms with Crippen LogP contribution in [0, 0.1) is 0 Å². The fourth-order valence-electron chi connectivity index (χ4n) is 3.23. The molecular weight excluding hydrogens is 386 g/mol. The number of benzene rings is 2. The molecule has 0 aliphatic carbocycles. The van der Waals surface area contributed by atoms with E-state index in [9.17, 15) is 4.79 Å². The molecule has 0 spiro atoms. The molecule has 0 aliphatic rings. The number of nitrogens with two attached hydrogens (primary N) is 1. The van der Waals surface area contributed by atoms with Gasteiger partial charge in [0.15, 0.2) is 5.82 Å². The Morgan fingerprint density at radius 3 is 2.62 bits per heavy atom. The molecule has 4 aromatic rings. The van der Waals surface area contributed by atoms with Crippen molar-refractivity contribution in [3.63, 3.8) is 0 Å². The van der Waals surface area contributed by atoms with Crippen molar-refractivity contribution in [3.05, 3.63) is 100 Å². The molecule has 144 valence electrons. The third kappa shape index (κ3) is 3.58. The number of para-hydroxylation sites is 1. The van der Waals surface area contributed by atoms with Gasteiger partial charge in [0.1, 0.15) is 5.69 Å². The van der Waals surface area contributed by atoms with E-state index in [1.165, 1.54) is 6.20 Å². The average molecular weight is 404 g/mol. The van der Waals surface area contributed by atoms with E-state index in [0.717, 1.165) is 16.8 Å².